The van der Waals surface area contributed by atoms with Crippen molar-refractivity contribution < 1.29 is 14.3 Å². The van der Waals surface area contributed by atoms with E-state index >= 15 is 0 Å². The maximum absolute atomic E-state index is 10.6. The van der Waals surface area contributed by atoms with Gasteiger partial charge in [0.05, 0.1) is 20.3 Å². The molecule has 0 aliphatic rings. The number of ether oxygens (including phenoxy) is 2. The van der Waals surface area contributed by atoms with Crippen LogP contribution in [0.25, 0.3) is 0 Å². The SMILES string of the molecule is C=CCCOCc1cc(C=O)ccc1OC. The van der Waals surface area contributed by atoms with Gasteiger partial charge in [-0.15, -0.1) is 6.58 Å². The molecule has 0 atom stereocenters. The molecule has 0 heterocycles. The minimum Gasteiger partial charge on any atom is -0.496 e. The van der Waals surface area contributed by atoms with Crippen LogP contribution in [0.5, 0.6) is 5.75 Å². The Hall–Kier alpha value is -1.61. The Bertz CT molecular complexity index is 358. The summed E-state index contributed by atoms with van der Waals surface area (Å²) in [5, 5.41) is 0. The Morgan fingerprint density at radius 2 is 2.25 bits per heavy atom. The van der Waals surface area contributed by atoms with Gasteiger partial charge in [-0.05, 0) is 24.6 Å². The Morgan fingerprint density at radius 1 is 1.44 bits per heavy atom. The van der Waals surface area contributed by atoms with E-state index in [1.165, 1.54) is 0 Å². The molecule has 0 unspecified atom stereocenters. The molecule has 1 rings (SSSR count). The quantitative estimate of drug-likeness (QED) is 0.402. The fraction of sp³-hybridized carbons (Fsp3) is 0.308. The molecule has 0 aliphatic carbocycles. The normalized spacial score (nSPS) is 9.81. The van der Waals surface area contributed by atoms with Crippen molar-refractivity contribution in [3.63, 3.8) is 0 Å². The number of aldehydes is 1. The lowest BCUT2D eigenvalue weighted by Crippen LogP contribution is -1.98. The first-order valence-electron chi connectivity index (χ1n) is 5.12. The molecular weight excluding hydrogens is 204 g/mol. The van der Waals surface area contributed by atoms with Gasteiger partial charge < -0.3 is 9.47 Å². The molecule has 86 valence electrons. The summed E-state index contributed by atoms with van der Waals surface area (Å²) in [4.78, 5) is 10.6. The lowest BCUT2D eigenvalue weighted by atomic mass is 10.1. The molecular formula is C13H16O3. The Morgan fingerprint density at radius 3 is 2.88 bits per heavy atom. The van der Waals surface area contributed by atoms with Gasteiger partial charge in [0, 0.05) is 11.1 Å². The summed E-state index contributed by atoms with van der Waals surface area (Å²) in [7, 11) is 1.60. The van der Waals surface area contributed by atoms with E-state index in [-0.39, 0.29) is 0 Å². The average molecular weight is 220 g/mol. The number of rotatable bonds is 7. The summed E-state index contributed by atoms with van der Waals surface area (Å²) in [6, 6.07) is 5.27. The standard InChI is InChI=1S/C13H16O3/c1-3-4-7-16-10-12-8-11(9-14)5-6-13(12)15-2/h3,5-6,8-9H,1,4,7,10H2,2H3. The van der Waals surface area contributed by atoms with E-state index in [1.807, 2.05) is 0 Å². The van der Waals surface area contributed by atoms with Gasteiger partial charge >= 0.3 is 0 Å². The van der Waals surface area contributed by atoms with Crippen LogP contribution in [0.2, 0.25) is 0 Å². The van der Waals surface area contributed by atoms with E-state index in [2.05, 4.69) is 6.58 Å². The van der Waals surface area contributed by atoms with Gasteiger partial charge in [0.15, 0.2) is 0 Å². The lowest BCUT2D eigenvalue weighted by molar-refractivity contribution is 0.112. The van der Waals surface area contributed by atoms with Crippen LogP contribution in [0.1, 0.15) is 22.3 Å². The van der Waals surface area contributed by atoms with Crippen molar-refractivity contribution in [3.05, 3.63) is 42.0 Å². The molecule has 1 aromatic rings. The predicted molar refractivity (Wildman–Crippen MR) is 62.9 cm³/mol. The third-order valence-corrected chi connectivity index (χ3v) is 2.16. The van der Waals surface area contributed by atoms with Crippen LogP contribution in [0, 0.1) is 0 Å². The van der Waals surface area contributed by atoms with Gasteiger partial charge in [0.1, 0.15) is 12.0 Å². The zero-order valence-electron chi connectivity index (χ0n) is 9.44. The molecule has 0 radical (unpaired) electrons. The third-order valence-electron chi connectivity index (χ3n) is 2.16. The van der Waals surface area contributed by atoms with Gasteiger partial charge in [0.2, 0.25) is 0 Å². The number of hydrogen-bond acceptors (Lipinski definition) is 3. The van der Waals surface area contributed by atoms with Crippen LogP contribution in [0.3, 0.4) is 0 Å². The highest BCUT2D eigenvalue weighted by Gasteiger charge is 2.04. The minimum atomic E-state index is 0.443. The van der Waals surface area contributed by atoms with Crippen molar-refractivity contribution in [2.24, 2.45) is 0 Å². The summed E-state index contributed by atoms with van der Waals surface area (Å²) in [6.45, 7) is 4.68. The molecule has 0 amide bonds. The number of carbonyl (C=O) groups excluding carboxylic acids is 1. The molecule has 3 heteroatoms. The van der Waals surface area contributed by atoms with Crippen molar-refractivity contribution in [2.45, 2.75) is 13.0 Å². The first-order valence-corrected chi connectivity index (χ1v) is 5.12. The van der Waals surface area contributed by atoms with Crippen molar-refractivity contribution in [1.82, 2.24) is 0 Å². The Labute approximate surface area is 95.7 Å². The van der Waals surface area contributed by atoms with Crippen molar-refractivity contribution in [2.75, 3.05) is 13.7 Å². The van der Waals surface area contributed by atoms with Crippen LogP contribution in [-0.4, -0.2) is 20.0 Å². The Balaban J connectivity index is 2.67. The predicted octanol–water partition coefficient (Wildman–Crippen LogP) is 2.60. The molecule has 0 aromatic heterocycles. The molecule has 0 saturated heterocycles. The molecule has 0 aliphatic heterocycles. The van der Waals surface area contributed by atoms with Crippen molar-refractivity contribution in [1.29, 1.82) is 0 Å². The maximum atomic E-state index is 10.6. The lowest BCUT2D eigenvalue weighted by Gasteiger charge is -2.09. The number of hydrogen-bond donors (Lipinski definition) is 0. The second kappa shape index (κ2) is 6.80. The first-order chi connectivity index (χ1) is 7.81. The zero-order valence-corrected chi connectivity index (χ0v) is 9.44. The largest absolute Gasteiger partial charge is 0.496 e. The van der Waals surface area contributed by atoms with E-state index in [9.17, 15) is 4.79 Å². The molecule has 0 saturated carbocycles. The third kappa shape index (κ3) is 3.51. The van der Waals surface area contributed by atoms with E-state index in [0.29, 0.717) is 18.8 Å². The van der Waals surface area contributed by atoms with Crippen LogP contribution in [0.15, 0.2) is 30.9 Å². The smallest absolute Gasteiger partial charge is 0.150 e. The molecule has 1 aromatic carbocycles. The summed E-state index contributed by atoms with van der Waals surface area (Å²) < 4.78 is 10.6. The van der Waals surface area contributed by atoms with Crippen LogP contribution in [0.4, 0.5) is 0 Å². The fourth-order valence-corrected chi connectivity index (χ4v) is 1.33. The van der Waals surface area contributed by atoms with E-state index in [1.54, 1.807) is 31.4 Å². The summed E-state index contributed by atoms with van der Waals surface area (Å²) in [6.07, 6.45) is 3.43. The highest BCUT2D eigenvalue weighted by molar-refractivity contribution is 5.75. The van der Waals surface area contributed by atoms with Crippen molar-refractivity contribution >= 4 is 6.29 Å². The highest BCUT2D eigenvalue weighted by Crippen LogP contribution is 2.20. The van der Waals surface area contributed by atoms with E-state index < -0.39 is 0 Å². The van der Waals surface area contributed by atoms with Gasteiger partial charge in [-0.1, -0.05) is 6.08 Å². The number of methoxy groups -OCH3 is 1. The second-order valence-electron chi connectivity index (χ2n) is 3.32. The second-order valence-corrected chi connectivity index (χ2v) is 3.32. The Kier molecular flexibility index (Phi) is 5.29. The summed E-state index contributed by atoms with van der Waals surface area (Å²) in [5.41, 5.74) is 1.51. The van der Waals surface area contributed by atoms with Crippen molar-refractivity contribution in [3.8, 4) is 5.75 Å². The van der Waals surface area contributed by atoms with Crippen LogP contribution < -0.4 is 4.74 Å². The molecule has 16 heavy (non-hydrogen) atoms. The fourth-order valence-electron chi connectivity index (χ4n) is 1.33. The molecule has 0 bridgehead atoms. The number of carbonyl (C=O) groups is 1. The van der Waals surface area contributed by atoms with Crippen LogP contribution in [-0.2, 0) is 11.3 Å². The maximum Gasteiger partial charge on any atom is 0.150 e. The monoisotopic (exact) mass is 220 g/mol. The average Bonchev–Trinajstić information content (AvgIpc) is 2.34. The molecule has 0 spiro atoms. The summed E-state index contributed by atoms with van der Waals surface area (Å²) >= 11 is 0. The zero-order chi connectivity index (χ0) is 11.8. The summed E-state index contributed by atoms with van der Waals surface area (Å²) in [5.74, 6) is 0.740. The van der Waals surface area contributed by atoms with Gasteiger partial charge in [-0.2, -0.15) is 0 Å². The molecule has 0 fully saturated rings. The number of benzene rings is 1. The molecule has 3 nitrogen and oxygen atoms in total. The highest BCUT2D eigenvalue weighted by atomic mass is 16.5. The van der Waals surface area contributed by atoms with E-state index in [0.717, 1.165) is 24.0 Å². The van der Waals surface area contributed by atoms with Crippen LogP contribution >= 0.6 is 0 Å². The van der Waals surface area contributed by atoms with Gasteiger partial charge in [-0.3, -0.25) is 4.79 Å². The topological polar surface area (TPSA) is 35.5 Å². The first kappa shape index (κ1) is 12.5. The van der Waals surface area contributed by atoms with Gasteiger partial charge in [-0.25, -0.2) is 0 Å². The minimum absolute atomic E-state index is 0.443. The van der Waals surface area contributed by atoms with E-state index in [4.69, 9.17) is 9.47 Å². The molecule has 0 N–H and O–H groups in total. The van der Waals surface area contributed by atoms with Gasteiger partial charge in [0.25, 0.3) is 0 Å².